The van der Waals surface area contributed by atoms with Crippen molar-refractivity contribution in [2.45, 2.75) is 34.1 Å². The van der Waals surface area contributed by atoms with Gasteiger partial charge in [-0.2, -0.15) is 0 Å². The van der Waals surface area contributed by atoms with Gasteiger partial charge in [0.2, 0.25) is 0 Å². The van der Waals surface area contributed by atoms with E-state index in [0.717, 1.165) is 17.9 Å². The highest BCUT2D eigenvalue weighted by Crippen LogP contribution is 2.13. The van der Waals surface area contributed by atoms with Crippen LogP contribution in [0.25, 0.3) is 0 Å². The first-order chi connectivity index (χ1) is 5.22. The highest BCUT2D eigenvalue weighted by atomic mass is 32.2. The summed E-state index contributed by atoms with van der Waals surface area (Å²) < 4.78 is 13.8. The average molecular weight is 175 g/mol. The zero-order valence-electron chi connectivity index (χ0n) is 7.73. The van der Waals surface area contributed by atoms with Crippen molar-refractivity contribution in [3.8, 4) is 0 Å². The maximum atomic E-state index is 10.9. The Morgan fingerprint density at radius 3 is 2.27 bits per heavy atom. The molecule has 1 heterocycles. The molecule has 0 amide bonds. The van der Waals surface area contributed by atoms with Gasteiger partial charge in [-0.1, -0.05) is 19.4 Å². The van der Waals surface area contributed by atoms with Crippen molar-refractivity contribution in [2.75, 3.05) is 6.54 Å². The van der Waals surface area contributed by atoms with Gasteiger partial charge in [-0.15, -0.1) is 0 Å². The van der Waals surface area contributed by atoms with Gasteiger partial charge >= 0.3 is 0 Å². The molecule has 0 aromatic rings. The molecule has 0 spiro atoms. The van der Waals surface area contributed by atoms with Crippen LogP contribution in [0.3, 0.4) is 0 Å². The summed E-state index contributed by atoms with van der Waals surface area (Å²) in [7, 11) is -0.885. The Kier molecular flexibility index (Phi) is 5.42. The van der Waals surface area contributed by atoms with Gasteiger partial charge in [0.15, 0.2) is 0 Å². The predicted octanol–water partition coefficient (Wildman–Crippen LogP) is 1.96. The SMILES string of the molecule is CC.CC1=C(C)S(=O)NCC1. The Labute approximate surface area is 71.7 Å². The van der Waals surface area contributed by atoms with Gasteiger partial charge in [-0.05, 0) is 20.3 Å². The van der Waals surface area contributed by atoms with Crippen LogP contribution >= 0.6 is 0 Å². The van der Waals surface area contributed by atoms with E-state index in [1.807, 2.05) is 27.7 Å². The van der Waals surface area contributed by atoms with Crippen LogP contribution in [0, 0.1) is 0 Å². The Morgan fingerprint density at radius 1 is 1.36 bits per heavy atom. The van der Waals surface area contributed by atoms with E-state index >= 15 is 0 Å². The summed E-state index contributed by atoms with van der Waals surface area (Å²) in [5.74, 6) is 0. The fourth-order valence-electron chi connectivity index (χ4n) is 0.774. The Hall–Kier alpha value is -0.150. The van der Waals surface area contributed by atoms with Crippen molar-refractivity contribution in [3.05, 3.63) is 10.5 Å². The van der Waals surface area contributed by atoms with E-state index < -0.39 is 11.0 Å². The van der Waals surface area contributed by atoms with Crippen molar-refractivity contribution in [1.82, 2.24) is 4.72 Å². The third kappa shape index (κ3) is 3.16. The Morgan fingerprint density at radius 2 is 1.91 bits per heavy atom. The zero-order valence-corrected chi connectivity index (χ0v) is 8.55. The molecule has 11 heavy (non-hydrogen) atoms. The molecular formula is C8H17NOS. The third-order valence-electron chi connectivity index (χ3n) is 1.61. The Balaban J connectivity index is 0.000000461. The van der Waals surface area contributed by atoms with E-state index in [1.54, 1.807) is 0 Å². The number of allylic oxidation sites excluding steroid dienone is 1. The van der Waals surface area contributed by atoms with Crippen LogP contribution < -0.4 is 4.72 Å². The minimum atomic E-state index is -0.885. The van der Waals surface area contributed by atoms with Crippen LogP contribution in [0.2, 0.25) is 0 Å². The van der Waals surface area contributed by atoms with Crippen LogP contribution in [0.4, 0.5) is 0 Å². The van der Waals surface area contributed by atoms with E-state index in [0.29, 0.717) is 0 Å². The Bertz CT molecular complexity index is 175. The second kappa shape index (κ2) is 5.49. The highest BCUT2D eigenvalue weighted by molar-refractivity contribution is 7.87. The molecule has 1 unspecified atom stereocenters. The summed E-state index contributed by atoms with van der Waals surface area (Å²) in [6, 6.07) is 0. The molecule has 1 N–H and O–H groups in total. The van der Waals surface area contributed by atoms with Crippen molar-refractivity contribution in [2.24, 2.45) is 0 Å². The van der Waals surface area contributed by atoms with E-state index in [2.05, 4.69) is 4.72 Å². The second-order valence-corrected chi connectivity index (χ2v) is 3.69. The smallest absolute Gasteiger partial charge is 0.120 e. The molecule has 0 saturated heterocycles. The van der Waals surface area contributed by atoms with Gasteiger partial charge in [0.25, 0.3) is 0 Å². The largest absolute Gasteiger partial charge is 0.238 e. The quantitative estimate of drug-likeness (QED) is 0.599. The molecular weight excluding hydrogens is 158 g/mol. The normalized spacial score (nSPS) is 24.2. The molecule has 1 atom stereocenters. The van der Waals surface area contributed by atoms with Crippen molar-refractivity contribution < 1.29 is 4.21 Å². The summed E-state index contributed by atoms with van der Waals surface area (Å²) >= 11 is 0. The van der Waals surface area contributed by atoms with Gasteiger partial charge in [0.1, 0.15) is 11.0 Å². The van der Waals surface area contributed by atoms with Crippen molar-refractivity contribution >= 4 is 11.0 Å². The molecule has 66 valence electrons. The lowest BCUT2D eigenvalue weighted by molar-refractivity contribution is 0.670. The van der Waals surface area contributed by atoms with Gasteiger partial charge in [0, 0.05) is 11.4 Å². The van der Waals surface area contributed by atoms with Crippen molar-refractivity contribution in [3.63, 3.8) is 0 Å². The molecule has 0 aromatic heterocycles. The predicted molar refractivity (Wildman–Crippen MR) is 50.5 cm³/mol. The number of rotatable bonds is 0. The maximum absolute atomic E-state index is 10.9. The molecule has 1 aliphatic rings. The molecule has 0 saturated carbocycles. The lowest BCUT2D eigenvalue weighted by atomic mass is 10.2. The van der Waals surface area contributed by atoms with Gasteiger partial charge < -0.3 is 0 Å². The first kappa shape index (κ1) is 10.8. The van der Waals surface area contributed by atoms with E-state index in [-0.39, 0.29) is 0 Å². The van der Waals surface area contributed by atoms with Gasteiger partial charge in [0.05, 0.1) is 0 Å². The maximum Gasteiger partial charge on any atom is 0.120 e. The number of hydrogen-bond donors (Lipinski definition) is 1. The molecule has 0 bridgehead atoms. The minimum absolute atomic E-state index is 0.857. The van der Waals surface area contributed by atoms with E-state index in [1.165, 1.54) is 5.57 Å². The summed E-state index contributed by atoms with van der Waals surface area (Å²) in [4.78, 5) is 1.00. The van der Waals surface area contributed by atoms with Crippen LogP contribution in [-0.4, -0.2) is 10.8 Å². The molecule has 1 rings (SSSR count). The average Bonchev–Trinajstić information content (AvgIpc) is 2.04. The topological polar surface area (TPSA) is 29.1 Å². The van der Waals surface area contributed by atoms with Gasteiger partial charge in [-0.3, -0.25) is 0 Å². The fourth-order valence-corrected chi connectivity index (χ4v) is 1.70. The molecule has 0 radical (unpaired) electrons. The standard InChI is InChI=1S/C6H11NOS.C2H6/c1-5-3-4-7-9(8)6(5)2;1-2/h7H,3-4H2,1-2H3;1-2H3. The van der Waals surface area contributed by atoms with Gasteiger partial charge in [-0.25, -0.2) is 8.93 Å². The molecule has 0 aliphatic carbocycles. The molecule has 3 heteroatoms. The first-order valence-electron chi connectivity index (χ1n) is 4.03. The third-order valence-corrected chi connectivity index (χ3v) is 2.98. The van der Waals surface area contributed by atoms with E-state index in [4.69, 9.17) is 0 Å². The van der Waals surface area contributed by atoms with Crippen LogP contribution in [0.1, 0.15) is 34.1 Å². The summed E-state index contributed by atoms with van der Waals surface area (Å²) in [5.41, 5.74) is 1.27. The summed E-state index contributed by atoms with van der Waals surface area (Å²) in [5, 5.41) is 0. The highest BCUT2D eigenvalue weighted by Gasteiger charge is 2.10. The second-order valence-electron chi connectivity index (χ2n) is 2.25. The fraction of sp³-hybridized carbons (Fsp3) is 0.750. The summed E-state index contributed by atoms with van der Waals surface area (Å²) in [6.45, 7) is 8.81. The van der Waals surface area contributed by atoms with Crippen LogP contribution in [0.5, 0.6) is 0 Å². The van der Waals surface area contributed by atoms with Crippen LogP contribution in [-0.2, 0) is 11.0 Å². The molecule has 1 aliphatic heterocycles. The molecule has 0 aromatic carbocycles. The number of nitrogens with one attached hydrogen (secondary N) is 1. The lowest BCUT2D eigenvalue weighted by Gasteiger charge is -2.13. The lowest BCUT2D eigenvalue weighted by Crippen LogP contribution is -2.24. The summed E-state index contributed by atoms with van der Waals surface area (Å²) in [6.07, 6.45) is 1.04. The first-order valence-corrected chi connectivity index (χ1v) is 5.18. The molecule has 0 fully saturated rings. The van der Waals surface area contributed by atoms with E-state index in [9.17, 15) is 4.21 Å². The monoisotopic (exact) mass is 175 g/mol. The zero-order chi connectivity index (χ0) is 8.85. The minimum Gasteiger partial charge on any atom is -0.238 e. The molecule has 2 nitrogen and oxygen atoms in total. The number of hydrogen-bond acceptors (Lipinski definition) is 1. The van der Waals surface area contributed by atoms with Crippen molar-refractivity contribution in [1.29, 1.82) is 0 Å². The van der Waals surface area contributed by atoms with Crippen LogP contribution in [0.15, 0.2) is 10.5 Å².